The fourth-order valence-corrected chi connectivity index (χ4v) is 2.19. The Morgan fingerprint density at radius 1 is 0.765 bits per heavy atom. The first-order valence-electron chi connectivity index (χ1n) is 5.71. The molecule has 0 saturated carbocycles. The van der Waals surface area contributed by atoms with Gasteiger partial charge in [-0.15, -0.1) is 0 Å². The molecule has 17 heavy (non-hydrogen) atoms. The van der Waals surface area contributed by atoms with Crippen molar-refractivity contribution in [3.63, 3.8) is 0 Å². The molecule has 0 saturated heterocycles. The van der Waals surface area contributed by atoms with Crippen molar-refractivity contribution in [3.05, 3.63) is 11.6 Å². The molecule has 0 bridgehead atoms. The molecule has 0 radical (unpaired) electrons. The van der Waals surface area contributed by atoms with E-state index in [1.807, 2.05) is 40.7 Å². The molecular formula is C13H16O4. The van der Waals surface area contributed by atoms with Crippen LogP contribution in [0.2, 0.25) is 0 Å². The number of hydrogen-bond acceptors (Lipinski definition) is 4. The van der Waals surface area contributed by atoms with E-state index < -0.39 is 11.6 Å². The van der Waals surface area contributed by atoms with Gasteiger partial charge < -0.3 is 18.9 Å². The average Bonchev–Trinajstić information content (AvgIpc) is 2.61. The minimum Gasteiger partial charge on any atom is -0.449 e. The molecule has 0 fully saturated rings. The number of rotatable bonds is 0. The SMILES string of the molecule is Cc1c2c(cc3c1OC(C)(C)O3)OC(C)(C)O2. The summed E-state index contributed by atoms with van der Waals surface area (Å²) in [5, 5.41) is 0. The first kappa shape index (κ1) is 10.6. The number of hydrogen-bond donors (Lipinski definition) is 0. The predicted molar refractivity (Wildman–Crippen MR) is 61.8 cm³/mol. The molecule has 0 aliphatic carbocycles. The third kappa shape index (κ3) is 1.51. The lowest BCUT2D eigenvalue weighted by molar-refractivity contribution is -0.0486. The van der Waals surface area contributed by atoms with Crippen molar-refractivity contribution in [1.82, 2.24) is 0 Å². The van der Waals surface area contributed by atoms with Crippen molar-refractivity contribution >= 4 is 0 Å². The van der Waals surface area contributed by atoms with E-state index in [1.54, 1.807) is 0 Å². The van der Waals surface area contributed by atoms with Gasteiger partial charge in [0, 0.05) is 39.3 Å². The van der Waals surface area contributed by atoms with Gasteiger partial charge in [0.25, 0.3) is 0 Å². The normalized spacial score (nSPS) is 21.7. The smallest absolute Gasteiger partial charge is 0.246 e. The van der Waals surface area contributed by atoms with Crippen LogP contribution in [0.25, 0.3) is 0 Å². The fraction of sp³-hybridized carbons (Fsp3) is 0.538. The second kappa shape index (κ2) is 2.81. The van der Waals surface area contributed by atoms with Crippen LogP contribution in [0.1, 0.15) is 33.3 Å². The Morgan fingerprint density at radius 3 is 1.59 bits per heavy atom. The van der Waals surface area contributed by atoms with Crippen LogP contribution in [-0.2, 0) is 0 Å². The Balaban J connectivity index is 2.11. The average molecular weight is 236 g/mol. The Labute approximate surface area is 100 Å². The van der Waals surface area contributed by atoms with Crippen LogP contribution < -0.4 is 18.9 Å². The third-order valence-electron chi connectivity index (χ3n) is 2.80. The standard InChI is InChI=1S/C13H16O4/c1-7-10-8(14-12(2,3)16-10)6-9-11(7)17-13(4,5)15-9/h6H,1-5H3. The first-order valence-corrected chi connectivity index (χ1v) is 5.71. The minimum atomic E-state index is -0.627. The van der Waals surface area contributed by atoms with E-state index in [1.165, 1.54) is 0 Å². The molecule has 0 unspecified atom stereocenters. The summed E-state index contributed by atoms with van der Waals surface area (Å²) in [7, 11) is 0. The highest BCUT2D eigenvalue weighted by molar-refractivity contribution is 5.63. The largest absolute Gasteiger partial charge is 0.449 e. The quantitative estimate of drug-likeness (QED) is 0.694. The topological polar surface area (TPSA) is 36.9 Å². The van der Waals surface area contributed by atoms with Gasteiger partial charge in [-0.2, -0.15) is 0 Å². The van der Waals surface area contributed by atoms with Gasteiger partial charge >= 0.3 is 0 Å². The molecule has 4 heteroatoms. The van der Waals surface area contributed by atoms with Gasteiger partial charge in [0.1, 0.15) is 0 Å². The highest BCUT2D eigenvalue weighted by atomic mass is 16.7. The maximum atomic E-state index is 5.76. The van der Waals surface area contributed by atoms with E-state index in [0.29, 0.717) is 11.5 Å². The third-order valence-corrected chi connectivity index (χ3v) is 2.80. The highest BCUT2D eigenvalue weighted by Crippen LogP contribution is 2.53. The molecule has 4 nitrogen and oxygen atoms in total. The molecule has 1 aromatic rings. The molecule has 3 rings (SSSR count). The lowest BCUT2D eigenvalue weighted by atomic mass is 10.1. The second-order valence-corrected chi connectivity index (χ2v) is 5.36. The maximum absolute atomic E-state index is 5.76. The van der Waals surface area contributed by atoms with Gasteiger partial charge in [0.05, 0.1) is 0 Å². The summed E-state index contributed by atoms with van der Waals surface area (Å²) in [6.07, 6.45) is 0. The monoisotopic (exact) mass is 236 g/mol. The molecule has 0 amide bonds. The van der Waals surface area contributed by atoms with Crippen molar-refractivity contribution in [2.24, 2.45) is 0 Å². The molecule has 0 spiro atoms. The van der Waals surface area contributed by atoms with Gasteiger partial charge in [-0.1, -0.05) is 0 Å². The van der Waals surface area contributed by atoms with E-state index >= 15 is 0 Å². The number of ether oxygens (including phenoxy) is 4. The van der Waals surface area contributed by atoms with Gasteiger partial charge in [0.2, 0.25) is 11.6 Å². The summed E-state index contributed by atoms with van der Waals surface area (Å²) in [6.45, 7) is 9.46. The Kier molecular flexibility index (Phi) is 1.74. The molecule has 0 atom stereocenters. The summed E-state index contributed by atoms with van der Waals surface area (Å²) in [4.78, 5) is 0. The number of fused-ring (bicyclic) bond motifs is 2. The van der Waals surface area contributed by atoms with Crippen LogP contribution in [0.3, 0.4) is 0 Å². The van der Waals surface area contributed by atoms with Gasteiger partial charge in [0.15, 0.2) is 23.0 Å². The van der Waals surface area contributed by atoms with Crippen molar-refractivity contribution in [2.45, 2.75) is 46.2 Å². The van der Waals surface area contributed by atoms with E-state index in [2.05, 4.69) is 0 Å². The second-order valence-electron chi connectivity index (χ2n) is 5.36. The molecular weight excluding hydrogens is 220 g/mol. The molecule has 0 N–H and O–H groups in total. The minimum absolute atomic E-state index is 0.627. The zero-order chi connectivity index (χ0) is 12.4. The van der Waals surface area contributed by atoms with Crippen molar-refractivity contribution in [3.8, 4) is 23.0 Å². The van der Waals surface area contributed by atoms with Crippen LogP contribution in [0.4, 0.5) is 0 Å². The Hall–Kier alpha value is -1.58. The lowest BCUT2D eigenvalue weighted by Crippen LogP contribution is -2.30. The summed E-state index contributed by atoms with van der Waals surface area (Å²) in [5.41, 5.74) is 0.925. The summed E-state index contributed by atoms with van der Waals surface area (Å²) in [5.74, 6) is 1.67. The van der Waals surface area contributed by atoms with Crippen LogP contribution in [-0.4, -0.2) is 11.6 Å². The molecule has 92 valence electrons. The zero-order valence-corrected chi connectivity index (χ0v) is 10.7. The fourth-order valence-electron chi connectivity index (χ4n) is 2.19. The molecule has 2 aliphatic rings. The van der Waals surface area contributed by atoms with Gasteiger partial charge in [-0.25, -0.2) is 0 Å². The van der Waals surface area contributed by atoms with Crippen LogP contribution in [0, 0.1) is 6.92 Å². The Morgan fingerprint density at radius 2 is 1.18 bits per heavy atom. The Bertz CT molecular complexity index is 460. The van der Waals surface area contributed by atoms with Crippen molar-refractivity contribution in [1.29, 1.82) is 0 Å². The van der Waals surface area contributed by atoms with Crippen LogP contribution >= 0.6 is 0 Å². The van der Waals surface area contributed by atoms with E-state index in [9.17, 15) is 0 Å². The summed E-state index contributed by atoms with van der Waals surface area (Å²) in [6, 6.07) is 1.83. The van der Waals surface area contributed by atoms with Gasteiger partial charge in [-0.3, -0.25) is 0 Å². The van der Waals surface area contributed by atoms with Crippen LogP contribution in [0.15, 0.2) is 6.07 Å². The molecule has 2 heterocycles. The van der Waals surface area contributed by atoms with Gasteiger partial charge in [-0.05, 0) is 6.92 Å². The highest BCUT2D eigenvalue weighted by Gasteiger charge is 2.40. The maximum Gasteiger partial charge on any atom is 0.246 e. The lowest BCUT2D eigenvalue weighted by Gasteiger charge is -2.18. The van der Waals surface area contributed by atoms with Crippen LogP contribution in [0.5, 0.6) is 23.0 Å². The molecule has 2 aliphatic heterocycles. The molecule has 1 aromatic carbocycles. The van der Waals surface area contributed by atoms with E-state index in [0.717, 1.165) is 17.1 Å². The van der Waals surface area contributed by atoms with E-state index in [4.69, 9.17) is 18.9 Å². The van der Waals surface area contributed by atoms with Crippen molar-refractivity contribution < 1.29 is 18.9 Å². The summed E-state index contributed by atoms with van der Waals surface area (Å²) < 4.78 is 22.9. The molecule has 0 aromatic heterocycles. The number of benzene rings is 1. The van der Waals surface area contributed by atoms with E-state index in [-0.39, 0.29) is 0 Å². The summed E-state index contributed by atoms with van der Waals surface area (Å²) >= 11 is 0. The van der Waals surface area contributed by atoms with Crippen molar-refractivity contribution in [2.75, 3.05) is 0 Å². The zero-order valence-electron chi connectivity index (χ0n) is 10.7. The first-order chi connectivity index (χ1) is 7.77. The predicted octanol–water partition coefficient (Wildman–Crippen LogP) is 3.01.